The van der Waals surface area contributed by atoms with Crippen LogP contribution in [-0.2, 0) is 4.79 Å². The van der Waals surface area contributed by atoms with Crippen molar-refractivity contribution in [1.82, 2.24) is 10.2 Å². The van der Waals surface area contributed by atoms with Crippen molar-refractivity contribution >= 4 is 5.91 Å². The Bertz CT molecular complexity index is 253. The molecule has 0 aromatic heterocycles. The summed E-state index contributed by atoms with van der Waals surface area (Å²) in [7, 11) is 0. The van der Waals surface area contributed by atoms with Crippen molar-refractivity contribution in [3.8, 4) is 0 Å². The quantitative estimate of drug-likeness (QED) is 0.818. The lowest BCUT2D eigenvalue weighted by Gasteiger charge is -2.48. The van der Waals surface area contributed by atoms with Gasteiger partial charge in [-0.25, -0.2) is 0 Å². The van der Waals surface area contributed by atoms with E-state index < -0.39 is 0 Å². The van der Waals surface area contributed by atoms with Gasteiger partial charge in [0.2, 0.25) is 5.91 Å². The summed E-state index contributed by atoms with van der Waals surface area (Å²) in [6.07, 6.45) is 10.6. The Morgan fingerprint density at radius 1 is 1.06 bits per heavy atom. The van der Waals surface area contributed by atoms with Crippen molar-refractivity contribution in [3.05, 3.63) is 0 Å². The summed E-state index contributed by atoms with van der Waals surface area (Å²) in [5.41, 5.74) is 0.282. The van der Waals surface area contributed by atoms with Crippen molar-refractivity contribution < 1.29 is 4.79 Å². The maximum Gasteiger partial charge on any atom is 0.216 e. The molecule has 0 unspecified atom stereocenters. The average Bonchev–Trinajstić information content (AvgIpc) is 2.39. The van der Waals surface area contributed by atoms with Crippen molar-refractivity contribution in [2.24, 2.45) is 0 Å². The van der Waals surface area contributed by atoms with Crippen molar-refractivity contribution in [1.29, 1.82) is 0 Å². The number of hydrogen-bond donors (Lipinski definition) is 1. The molecule has 0 aromatic carbocycles. The molecule has 0 spiro atoms. The smallest absolute Gasteiger partial charge is 0.216 e. The number of carbonyl (C=O) groups excluding carboxylic acids is 1. The Hall–Kier alpha value is -0.570. The monoisotopic (exact) mass is 238 g/mol. The van der Waals surface area contributed by atoms with E-state index in [9.17, 15) is 4.79 Å². The molecule has 2 aliphatic rings. The maximum absolute atomic E-state index is 11.2. The first-order chi connectivity index (χ1) is 8.23. The molecule has 1 heterocycles. The third kappa shape index (κ3) is 3.21. The van der Waals surface area contributed by atoms with Crippen LogP contribution in [0.25, 0.3) is 0 Å². The van der Waals surface area contributed by atoms with Gasteiger partial charge in [0.1, 0.15) is 0 Å². The molecular weight excluding hydrogens is 212 g/mol. The summed E-state index contributed by atoms with van der Waals surface area (Å²) in [5.74, 6) is 0.118. The maximum atomic E-state index is 11.2. The first kappa shape index (κ1) is 12.9. The molecule has 0 bridgehead atoms. The molecule has 17 heavy (non-hydrogen) atoms. The lowest BCUT2D eigenvalue weighted by molar-refractivity contribution is -0.120. The molecule has 1 aliphatic heterocycles. The van der Waals surface area contributed by atoms with Crippen LogP contribution < -0.4 is 5.32 Å². The molecule has 0 radical (unpaired) electrons. The van der Waals surface area contributed by atoms with E-state index in [0.29, 0.717) is 0 Å². The fourth-order valence-corrected chi connectivity index (χ4v) is 3.47. The predicted molar refractivity (Wildman–Crippen MR) is 69.9 cm³/mol. The van der Waals surface area contributed by atoms with Gasteiger partial charge in [0.25, 0.3) is 0 Å². The zero-order valence-corrected chi connectivity index (χ0v) is 11.1. The Kier molecular flexibility index (Phi) is 4.43. The second-order valence-corrected chi connectivity index (χ2v) is 5.74. The Balaban J connectivity index is 2.01. The molecule has 0 aromatic rings. The molecule has 3 nitrogen and oxygen atoms in total. The molecule has 1 saturated heterocycles. The minimum atomic E-state index is 0.118. The molecule has 2 rings (SSSR count). The van der Waals surface area contributed by atoms with E-state index in [1.54, 1.807) is 6.92 Å². The minimum absolute atomic E-state index is 0.118. The van der Waals surface area contributed by atoms with E-state index in [4.69, 9.17) is 0 Å². The van der Waals surface area contributed by atoms with Crippen LogP contribution in [0, 0.1) is 0 Å². The van der Waals surface area contributed by atoms with Crippen LogP contribution in [0.1, 0.15) is 58.3 Å². The highest BCUT2D eigenvalue weighted by molar-refractivity contribution is 5.72. The second kappa shape index (κ2) is 5.85. The second-order valence-electron chi connectivity index (χ2n) is 5.74. The van der Waals surface area contributed by atoms with Gasteiger partial charge in [-0.05, 0) is 38.8 Å². The third-order valence-corrected chi connectivity index (χ3v) is 4.48. The molecule has 1 aliphatic carbocycles. The van der Waals surface area contributed by atoms with E-state index in [1.165, 1.54) is 64.5 Å². The normalized spacial score (nSPS) is 25.5. The molecule has 2 fully saturated rings. The lowest BCUT2D eigenvalue weighted by atomic mass is 9.79. The van der Waals surface area contributed by atoms with Gasteiger partial charge in [-0.2, -0.15) is 0 Å². The zero-order chi connectivity index (χ0) is 12.1. The molecular formula is C14H26N2O. The Morgan fingerprint density at radius 2 is 1.65 bits per heavy atom. The van der Waals surface area contributed by atoms with Crippen LogP contribution in [0.5, 0.6) is 0 Å². The van der Waals surface area contributed by atoms with Crippen LogP contribution in [0.15, 0.2) is 0 Å². The van der Waals surface area contributed by atoms with Crippen molar-refractivity contribution in [2.75, 3.05) is 19.6 Å². The van der Waals surface area contributed by atoms with Gasteiger partial charge in [0, 0.05) is 19.0 Å². The van der Waals surface area contributed by atoms with Crippen molar-refractivity contribution in [2.45, 2.75) is 63.8 Å². The number of hydrogen-bond acceptors (Lipinski definition) is 2. The van der Waals surface area contributed by atoms with Gasteiger partial charge in [-0.15, -0.1) is 0 Å². The van der Waals surface area contributed by atoms with E-state index in [-0.39, 0.29) is 11.4 Å². The number of amides is 1. The molecule has 98 valence electrons. The van der Waals surface area contributed by atoms with Crippen LogP contribution in [-0.4, -0.2) is 36.0 Å². The number of nitrogens with one attached hydrogen (secondary N) is 1. The highest BCUT2D eigenvalue weighted by Crippen LogP contribution is 2.35. The van der Waals surface area contributed by atoms with Crippen LogP contribution in [0.3, 0.4) is 0 Å². The highest BCUT2D eigenvalue weighted by atomic mass is 16.1. The summed E-state index contributed by atoms with van der Waals surface area (Å²) in [6.45, 7) is 4.97. The summed E-state index contributed by atoms with van der Waals surface area (Å²) < 4.78 is 0. The Labute approximate surface area is 105 Å². The van der Waals surface area contributed by atoms with Crippen LogP contribution in [0.2, 0.25) is 0 Å². The molecule has 1 saturated carbocycles. The van der Waals surface area contributed by atoms with E-state index >= 15 is 0 Å². The summed E-state index contributed by atoms with van der Waals surface area (Å²) in [4.78, 5) is 13.9. The minimum Gasteiger partial charge on any atom is -0.354 e. The summed E-state index contributed by atoms with van der Waals surface area (Å²) in [5, 5.41) is 3.07. The predicted octanol–water partition coefficient (Wildman–Crippen LogP) is 2.31. The van der Waals surface area contributed by atoms with Gasteiger partial charge >= 0.3 is 0 Å². The van der Waals surface area contributed by atoms with Crippen LogP contribution in [0.4, 0.5) is 0 Å². The van der Waals surface area contributed by atoms with Gasteiger partial charge < -0.3 is 5.32 Å². The van der Waals surface area contributed by atoms with E-state index in [1.807, 2.05) is 0 Å². The molecule has 3 heteroatoms. The first-order valence-electron chi connectivity index (χ1n) is 7.22. The summed E-state index contributed by atoms with van der Waals surface area (Å²) in [6, 6.07) is 0. The number of piperidine rings is 1. The number of rotatable bonds is 3. The van der Waals surface area contributed by atoms with Gasteiger partial charge in [-0.3, -0.25) is 9.69 Å². The topological polar surface area (TPSA) is 32.3 Å². The SMILES string of the molecule is CC(=O)NCC1(N2CCCCC2)CCCCC1. The van der Waals surface area contributed by atoms with Gasteiger partial charge in [0.15, 0.2) is 0 Å². The molecule has 1 N–H and O–H groups in total. The van der Waals surface area contributed by atoms with E-state index in [2.05, 4.69) is 10.2 Å². The number of carbonyl (C=O) groups is 1. The average molecular weight is 238 g/mol. The highest BCUT2D eigenvalue weighted by Gasteiger charge is 2.38. The van der Waals surface area contributed by atoms with Crippen LogP contribution >= 0.6 is 0 Å². The Morgan fingerprint density at radius 3 is 2.24 bits per heavy atom. The third-order valence-electron chi connectivity index (χ3n) is 4.48. The fraction of sp³-hybridized carbons (Fsp3) is 0.929. The molecule has 1 amide bonds. The van der Waals surface area contributed by atoms with Gasteiger partial charge in [0.05, 0.1) is 0 Å². The first-order valence-corrected chi connectivity index (χ1v) is 7.22. The van der Waals surface area contributed by atoms with Gasteiger partial charge in [-0.1, -0.05) is 25.7 Å². The zero-order valence-electron chi connectivity index (χ0n) is 11.1. The lowest BCUT2D eigenvalue weighted by Crippen LogP contribution is -2.57. The number of likely N-dealkylation sites (tertiary alicyclic amines) is 1. The van der Waals surface area contributed by atoms with E-state index in [0.717, 1.165) is 6.54 Å². The number of nitrogens with zero attached hydrogens (tertiary/aromatic N) is 1. The standard InChI is InChI=1S/C14H26N2O/c1-13(17)15-12-14(8-4-2-5-9-14)16-10-6-3-7-11-16/h2-12H2,1H3,(H,15,17). The fourth-order valence-electron chi connectivity index (χ4n) is 3.47. The van der Waals surface area contributed by atoms with Crippen molar-refractivity contribution in [3.63, 3.8) is 0 Å². The summed E-state index contributed by atoms with van der Waals surface area (Å²) >= 11 is 0. The molecule has 0 atom stereocenters. The largest absolute Gasteiger partial charge is 0.354 e.